The summed E-state index contributed by atoms with van der Waals surface area (Å²) >= 11 is 0. The third-order valence-electron chi connectivity index (χ3n) is 5.21. The van der Waals surface area contributed by atoms with Crippen LogP contribution in [-0.4, -0.2) is 68.9 Å². The maximum absolute atomic E-state index is 12.3. The van der Waals surface area contributed by atoms with Crippen molar-refractivity contribution in [1.29, 1.82) is 0 Å². The van der Waals surface area contributed by atoms with Crippen molar-refractivity contribution in [2.24, 2.45) is 0 Å². The SMILES string of the molecule is CCc1nc(C2CCN(C(=O)CC[C@H]3CCCN3)CC2)n[nH]1.O=C(O)C(F)(F)F. The summed E-state index contributed by atoms with van der Waals surface area (Å²) in [6.45, 7) is 4.88. The topological polar surface area (TPSA) is 111 Å². The Morgan fingerprint density at radius 2 is 1.90 bits per heavy atom. The molecular formula is C18H28F3N5O3. The van der Waals surface area contributed by atoms with Crippen molar-refractivity contribution in [2.45, 2.75) is 70.0 Å². The molecule has 164 valence electrons. The molecule has 0 saturated carbocycles. The normalized spacial score (nSPS) is 20.3. The molecule has 29 heavy (non-hydrogen) atoms. The van der Waals surface area contributed by atoms with E-state index in [1.165, 1.54) is 12.8 Å². The molecule has 2 fully saturated rings. The number of hydrogen-bond acceptors (Lipinski definition) is 5. The van der Waals surface area contributed by atoms with E-state index in [-0.39, 0.29) is 0 Å². The molecule has 2 saturated heterocycles. The Bertz CT molecular complexity index is 666. The number of amides is 1. The number of carboxylic acids is 1. The molecule has 0 spiro atoms. The highest BCUT2D eigenvalue weighted by Crippen LogP contribution is 2.26. The molecule has 11 heteroatoms. The number of aliphatic carboxylic acids is 1. The number of carbonyl (C=O) groups excluding carboxylic acids is 1. The number of aromatic amines is 1. The van der Waals surface area contributed by atoms with Crippen LogP contribution in [0.15, 0.2) is 0 Å². The number of rotatable bonds is 5. The van der Waals surface area contributed by atoms with E-state index >= 15 is 0 Å². The fraction of sp³-hybridized carbons (Fsp3) is 0.778. The van der Waals surface area contributed by atoms with Gasteiger partial charge in [0.25, 0.3) is 0 Å². The number of nitrogens with one attached hydrogen (secondary N) is 2. The third-order valence-corrected chi connectivity index (χ3v) is 5.21. The van der Waals surface area contributed by atoms with Crippen LogP contribution in [0.2, 0.25) is 0 Å². The second-order valence-corrected chi connectivity index (χ2v) is 7.28. The highest BCUT2D eigenvalue weighted by Gasteiger charge is 2.38. The van der Waals surface area contributed by atoms with Gasteiger partial charge in [0.1, 0.15) is 5.82 Å². The minimum absolute atomic E-state index is 0.316. The second kappa shape index (κ2) is 10.6. The minimum atomic E-state index is -5.08. The van der Waals surface area contributed by atoms with Crippen LogP contribution in [0.3, 0.4) is 0 Å². The fourth-order valence-corrected chi connectivity index (χ4v) is 3.50. The number of carbonyl (C=O) groups is 2. The monoisotopic (exact) mass is 419 g/mol. The Morgan fingerprint density at radius 3 is 2.38 bits per heavy atom. The van der Waals surface area contributed by atoms with Crippen LogP contribution in [0.4, 0.5) is 13.2 Å². The number of aryl methyl sites for hydroxylation is 1. The molecule has 0 aliphatic carbocycles. The van der Waals surface area contributed by atoms with E-state index in [0.29, 0.717) is 24.3 Å². The van der Waals surface area contributed by atoms with Crippen LogP contribution in [0.1, 0.15) is 63.0 Å². The molecular weight excluding hydrogens is 391 g/mol. The van der Waals surface area contributed by atoms with Crippen molar-refractivity contribution < 1.29 is 27.9 Å². The summed E-state index contributed by atoms with van der Waals surface area (Å²) in [5.74, 6) is -0.155. The Balaban J connectivity index is 0.000000370. The number of carboxylic acid groups (broad SMARTS) is 1. The molecule has 3 rings (SSSR count). The van der Waals surface area contributed by atoms with E-state index in [0.717, 1.165) is 57.0 Å². The van der Waals surface area contributed by atoms with Gasteiger partial charge in [-0.1, -0.05) is 6.92 Å². The van der Waals surface area contributed by atoms with Crippen molar-refractivity contribution in [3.63, 3.8) is 0 Å². The summed E-state index contributed by atoms with van der Waals surface area (Å²) < 4.78 is 31.7. The van der Waals surface area contributed by atoms with Crippen molar-refractivity contribution in [3.05, 3.63) is 11.6 Å². The van der Waals surface area contributed by atoms with Gasteiger partial charge in [-0.15, -0.1) is 0 Å². The van der Waals surface area contributed by atoms with Gasteiger partial charge in [-0.2, -0.15) is 18.3 Å². The average molecular weight is 419 g/mol. The first-order valence-electron chi connectivity index (χ1n) is 9.93. The van der Waals surface area contributed by atoms with Crippen LogP contribution in [0.5, 0.6) is 0 Å². The van der Waals surface area contributed by atoms with Gasteiger partial charge in [0, 0.05) is 37.9 Å². The van der Waals surface area contributed by atoms with Gasteiger partial charge in [-0.3, -0.25) is 9.89 Å². The Kier molecular flexibility index (Phi) is 8.42. The molecule has 0 bridgehead atoms. The van der Waals surface area contributed by atoms with Gasteiger partial charge in [-0.05, 0) is 38.6 Å². The van der Waals surface area contributed by atoms with Gasteiger partial charge in [-0.25, -0.2) is 9.78 Å². The smallest absolute Gasteiger partial charge is 0.475 e. The van der Waals surface area contributed by atoms with E-state index < -0.39 is 12.1 Å². The van der Waals surface area contributed by atoms with E-state index in [9.17, 15) is 18.0 Å². The maximum Gasteiger partial charge on any atom is 0.490 e. The predicted molar refractivity (Wildman–Crippen MR) is 98.3 cm³/mol. The maximum atomic E-state index is 12.3. The number of H-pyrrole nitrogens is 1. The molecule has 1 aromatic rings. The molecule has 1 atom stereocenters. The fourth-order valence-electron chi connectivity index (χ4n) is 3.50. The molecule has 1 aromatic heterocycles. The lowest BCUT2D eigenvalue weighted by Crippen LogP contribution is -2.38. The first kappa shape index (κ1) is 23.1. The number of alkyl halides is 3. The Hall–Kier alpha value is -2.17. The summed E-state index contributed by atoms with van der Waals surface area (Å²) in [4.78, 5) is 27.8. The summed E-state index contributed by atoms with van der Waals surface area (Å²) in [5, 5.41) is 17.9. The van der Waals surface area contributed by atoms with Crippen LogP contribution < -0.4 is 5.32 Å². The highest BCUT2D eigenvalue weighted by molar-refractivity contribution is 5.76. The van der Waals surface area contributed by atoms with Crippen molar-refractivity contribution in [2.75, 3.05) is 19.6 Å². The first-order valence-corrected chi connectivity index (χ1v) is 9.93. The van der Waals surface area contributed by atoms with Crippen LogP contribution in [0.25, 0.3) is 0 Å². The van der Waals surface area contributed by atoms with E-state index in [1.807, 2.05) is 4.90 Å². The van der Waals surface area contributed by atoms with Crippen molar-refractivity contribution in [3.8, 4) is 0 Å². The molecule has 1 amide bonds. The zero-order valence-corrected chi connectivity index (χ0v) is 16.5. The van der Waals surface area contributed by atoms with Crippen LogP contribution in [-0.2, 0) is 16.0 Å². The zero-order valence-electron chi connectivity index (χ0n) is 16.5. The Morgan fingerprint density at radius 1 is 1.24 bits per heavy atom. The number of aromatic nitrogens is 3. The lowest BCUT2D eigenvalue weighted by molar-refractivity contribution is -0.192. The predicted octanol–water partition coefficient (Wildman–Crippen LogP) is 2.24. The van der Waals surface area contributed by atoms with Crippen LogP contribution in [0, 0.1) is 0 Å². The standard InChI is InChI=1S/C16H27N5O.C2HF3O2/c1-2-14-18-16(20-19-14)12-7-10-21(11-8-12)15(22)6-5-13-4-3-9-17-13;3-2(4,5)1(6)7/h12-13,17H,2-11H2,1H3,(H,18,19,20);(H,6,7)/t13-;/m1./s1. The summed E-state index contributed by atoms with van der Waals surface area (Å²) in [6.07, 6.45) is 1.91. The first-order chi connectivity index (χ1) is 13.7. The molecule has 0 unspecified atom stereocenters. The number of likely N-dealkylation sites (tertiary alicyclic amines) is 1. The third kappa shape index (κ3) is 7.30. The molecule has 3 heterocycles. The summed E-state index contributed by atoms with van der Waals surface area (Å²) in [5.41, 5.74) is 0. The van der Waals surface area contributed by atoms with Gasteiger partial charge < -0.3 is 15.3 Å². The molecule has 3 N–H and O–H groups in total. The Labute approximate surface area is 167 Å². The van der Waals surface area contributed by atoms with Crippen molar-refractivity contribution in [1.82, 2.24) is 25.4 Å². The van der Waals surface area contributed by atoms with Crippen LogP contribution >= 0.6 is 0 Å². The quantitative estimate of drug-likeness (QED) is 0.675. The van der Waals surface area contributed by atoms with E-state index in [2.05, 4.69) is 27.4 Å². The number of nitrogens with zero attached hydrogens (tertiary/aromatic N) is 3. The van der Waals surface area contributed by atoms with E-state index in [1.54, 1.807) is 0 Å². The van der Waals surface area contributed by atoms with Gasteiger partial charge in [0.2, 0.25) is 5.91 Å². The lowest BCUT2D eigenvalue weighted by Gasteiger charge is -2.31. The molecule has 0 aromatic carbocycles. The number of halogens is 3. The lowest BCUT2D eigenvalue weighted by atomic mass is 9.95. The number of hydrogen-bond donors (Lipinski definition) is 3. The van der Waals surface area contributed by atoms with Gasteiger partial charge >= 0.3 is 12.1 Å². The largest absolute Gasteiger partial charge is 0.490 e. The summed E-state index contributed by atoms with van der Waals surface area (Å²) in [7, 11) is 0. The molecule has 2 aliphatic heterocycles. The van der Waals surface area contributed by atoms with Gasteiger partial charge in [0.05, 0.1) is 0 Å². The average Bonchev–Trinajstić information content (AvgIpc) is 3.37. The molecule has 2 aliphatic rings. The minimum Gasteiger partial charge on any atom is -0.475 e. The van der Waals surface area contributed by atoms with Crippen molar-refractivity contribution >= 4 is 11.9 Å². The highest BCUT2D eigenvalue weighted by atomic mass is 19.4. The zero-order chi connectivity index (χ0) is 21.4. The van der Waals surface area contributed by atoms with Gasteiger partial charge in [0.15, 0.2) is 5.82 Å². The second-order valence-electron chi connectivity index (χ2n) is 7.28. The number of piperidine rings is 1. The summed E-state index contributed by atoms with van der Waals surface area (Å²) in [6, 6.07) is 0.558. The van der Waals surface area contributed by atoms with E-state index in [4.69, 9.17) is 9.90 Å². The molecule has 8 nitrogen and oxygen atoms in total. The molecule has 0 radical (unpaired) electrons.